The van der Waals surface area contributed by atoms with Crippen LogP contribution in [-0.4, -0.2) is 50.9 Å². The Labute approximate surface area is 202 Å². The van der Waals surface area contributed by atoms with E-state index < -0.39 is 24.0 Å². The van der Waals surface area contributed by atoms with Crippen molar-refractivity contribution in [2.45, 2.75) is 38.6 Å². The highest BCUT2D eigenvalue weighted by atomic mass is 16.5. The van der Waals surface area contributed by atoms with Crippen LogP contribution in [-0.2, 0) is 9.53 Å². The maximum Gasteiger partial charge on any atom is 0.414 e. The van der Waals surface area contributed by atoms with E-state index >= 15 is 0 Å². The molecule has 0 spiro atoms. The molecule has 4 rings (SSSR count). The van der Waals surface area contributed by atoms with E-state index in [1.54, 1.807) is 0 Å². The van der Waals surface area contributed by atoms with Crippen LogP contribution in [0.5, 0.6) is 0 Å². The number of carboxylic acids is 1. The summed E-state index contributed by atoms with van der Waals surface area (Å²) in [5.74, 6) is -2.02. The van der Waals surface area contributed by atoms with Crippen molar-refractivity contribution in [1.29, 1.82) is 0 Å². The second-order valence-electron chi connectivity index (χ2n) is 8.79. The van der Waals surface area contributed by atoms with E-state index in [-0.39, 0.29) is 30.7 Å². The predicted octanol–water partition coefficient (Wildman–Crippen LogP) is 3.78. The number of nitrogens with zero attached hydrogens (tertiary/aromatic N) is 2. The molecular formula is C25H27N5O5. The lowest BCUT2D eigenvalue weighted by Crippen LogP contribution is -2.41. The Balaban J connectivity index is 1.34. The molecule has 10 nitrogen and oxygen atoms in total. The molecule has 0 saturated carbocycles. The first-order valence-electron chi connectivity index (χ1n) is 11.4. The van der Waals surface area contributed by atoms with Crippen LogP contribution in [0.1, 0.15) is 54.4 Å². The monoisotopic (exact) mass is 477 g/mol. The molecule has 1 heterocycles. The van der Waals surface area contributed by atoms with Gasteiger partial charge in [0.25, 0.3) is 11.9 Å². The number of aliphatic carboxylic acids is 1. The second-order valence-corrected chi connectivity index (χ2v) is 8.79. The summed E-state index contributed by atoms with van der Waals surface area (Å²) in [6.45, 7) is 4.06. The Morgan fingerprint density at radius 2 is 1.66 bits per heavy atom. The molecule has 35 heavy (non-hydrogen) atoms. The van der Waals surface area contributed by atoms with Crippen molar-refractivity contribution in [3.8, 4) is 11.1 Å². The normalized spacial score (nSPS) is 13.1. The summed E-state index contributed by atoms with van der Waals surface area (Å²) in [5, 5.41) is 20.4. The lowest BCUT2D eigenvalue weighted by Gasteiger charge is -2.14. The van der Waals surface area contributed by atoms with Gasteiger partial charge in [0, 0.05) is 5.92 Å². The topological polar surface area (TPSA) is 146 Å². The Kier molecular flexibility index (Phi) is 7.09. The highest BCUT2D eigenvalue weighted by Crippen LogP contribution is 2.44. The van der Waals surface area contributed by atoms with Gasteiger partial charge in [-0.1, -0.05) is 62.4 Å². The van der Waals surface area contributed by atoms with Crippen LogP contribution in [0.3, 0.4) is 0 Å². The molecule has 182 valence electrons. The van der Waals surface area contributed by atoms with Crippen LogP contribution < -0.4 is 10.6 Å². The second kappa shape index (κ2) is 10.4. The van der Waals surface area contributed by atoms with Crippen molar-refractivity contribution in [3.63, 3.8) is 0 Å². The molecule has 1 aliphatic carbocycles. The molecule has 1 atom stereocenters. The van der Waals surface area contributed by atoms with Crippen LogP contribution >= 0.6 is 0 Å². The minimum Gasteiger partial charge on any atom is -0.480 e. The molecule has 10 heteroatoms. The van der Waals surface area contributed by atoms with Crippen LogP contribution in [0.2, 0.25) is 0 Å². The summed E-state index contributed by atoms with van der Waals surface area (Å²) in [4.78, 5) is 40.1. The van der Waals surface area contributed by atoms with Crippen LogP contribution in [0.15, 0.2) is 48.5 Å². The number of hydrogen-bond donors (Lipinski definition) is 4. The van der Waals surface area contributed by atoms with Crippen molar-refractivity contribution in [2.24, 2.45) is 5.92 Å². The first kappa shape index (κ1) is 23.9. The number of nitrogens with one attached hydrogen (secondary N) is 3. The van der Waals surface area contributed by atoms with Crippen molar-refractivity contribution in [1.82, 2.24) is 20.5 Å². The molecule has 4 N–H and O–H groups in total. The van der Waals surface area contributed by atoms with E-state index in [4.69, 9.17) is 4.74 Å². The van der Waals surface area contributed by atoms with Gasteiger partial charge in [-0.05, 0) is 41.0 Å². The zero-order valence-electron chi connectivity index (χ0n) is 19.4. The van der Waals surface area contributed by atoms with Crippen LogP contribution in [0.4, 0.5) is 10.7 Å². The number of H-pyrrole nitrogens is 1. The van der Waals surface area contributed by atoms with E-state index in [0.29, 0.717) is 12.3 Å². The Hall–Kier alpha value is -4.21. The van der Waals surface area contributed by atoms with E-state index in [1.807, 2.05) is 62.4 Å². The maximum atomic E-state index is 12.4. The minimum atomic E-state index is -1.13. The summed E-state index contributed by atoms with van der Waals surface area (Å²) in [7, 11) is 0. The van der Waals surface area contributed by atoms with Gasteiger partial charge in [0.1, 0.15) is 12.6 Å². The third kappa shape index (κ3) is 5.48. The third-order valence-electron chi connectivity index (χ3n) is 5.89. The highest BCUT2D eigenvalue weighted by molar-refractivity contribution is 5.94. The minimum absolute atomic E-state index is 0.0968. The number of carboxylic acid groups (broad SMARTS) is 1. The Morgan fingerprint density at radius 1 is 1.03 bits per heavy atom. The molecule has 0 fully saturated rings. The van der Waals surface area contributed by atoms with Gasteiger partial charge in [-0.3, -0.25) is 15.2 Å². The molecular weight excluding hydrogens is 450 g/mol. The van der Waals surface area contributed by atoms with Crippen LogP contribution in [0.25, 0.3) is 11.1 Å². The molecule has 0 aliphatic heterocycles. The van der Waals surface area contributed by atoms with Gasteiger partial charge < -0.3 is 15.2 Å². The lowest BCUT2D eigenvalue weighted by molar-refractivity contribution is -0.139. The predicted molar refractivity (Wildman–Crippen MR) is 128 cm³/mol. The number of aromatic amines is 1. The van der Waals surface area contributed by atoms with Gasteiger partial charge in [-0.15, -0.1) is 5.10 Å². The van der Waals surface area contributed by atoms with E-state index in [0.717, 1.165) is 22.3 Å². The number of rotatable bonds is 9. The largest absolute Gasteiger partial charge is 0.480 e. The summed E-state index contributed by atoms with van der Waals surface area (Å²) >= 11 is 0. The molecule has 0 saturated heterocycles. The number of anilines is 1. The lowest BCUT2D eigenvalue weighted by atomic mass is 9.98. The zero-order valence-corrected chi connectivity index (χ0v) is 19.4. The molecule has 2 aromatic carbocycles. The number of amides is 2. The van der Waals surface area contributed by atoms with Gasteiger partial charge in [0.15, 0.2) is 0 Å². The first-order chi connectivity index (χ1) is 16.8. The zero-order chi connectivity index (χ0) is 24.9. The Bertz CT molecular complexity index is 1190. The molecule has 1 unspecified atom stereocenters. The average molecular weight is 478 g/mol. The summed E-state index contributed by atoms with van der Waals surface area (Å²) < 4.78 is 5.44. The molecule has 0 radical (unpaired) electrons. The Morgan fingerprint density at radius 3 is 2.26 bits per heavy atom. The molecule has 0 bridgehead atoms. The number of benzene rings is 2. The number of hydrogen-bond acceptors (Lipinski definition) is 6. The standard InChI is InChI=1S/C25H27N5O5/c1-14(2)11-12-20(23(32)33)26-22(31)21-27-24(30-29-21)28-25(34)35-13-19-17-9-5-3-7-15(17)16-8-4-6-10-18(16)19/h3-10,14,19-20H,11-13H2,1-2H3,(H,26,31)(H,32,33)(H2,27,28,29,30,34). The molecule has 1 aromatic heterocycles. The number of carbonyl (C=O) groups excluding carboxylic acids is 2. The smallest absolute Gasteiger partial charge is 0.414 e. The van der Waals surface area contributed by atoms with E-state index in [1.165, 1.54) is 0 Å². The number of fused-ring (bicyclic) bond motifs is 3. The van der Waals surface area contributed by atoms with Gasteiger partial charge in [-0.2, -0.15) is 4.98 Å². The van der Waals surface area contributed by atoms with Gasteiger partial charge >= 0.3 is 12.1 Å². The van der Waals surface area contributed by atoms with Crippen LogP contribution in [0, 0.1) is 5.92 Å². The van der Waals surface area contributed by atoms with Gasteiger partial charge in [-0.25, -0.2) is 9.59 Å². The van der Waals surface area contributed by atoms with Gasteiger partial charge in [0.2, 0.25) is 5.82 Å². The van der Waals surface area contributed by atoms with E-state index in [9.17, 15) is 19.5 Å². The van der Waals surface area contributed by atoms with Crippen molar-refractivity contribution >= 4 is 23.9 Å². The summed E-state index contributed by atoms with van der Waals surface area (Å²) in [6, 6.07) is 15.0. The summed E-state index contributed by atoms with van der Waals surface area (Å²) in [6.07, 6.45) is 0.165. The fraction of sp³-hybridized carbons (Fsp3) is 0.320. The fourth-order valence-corrected chi connectivity index (χ4v) is 4.13. The molecule has 2 amide bonds. The van der Waals surface area contributed by atoms with Crippen molar-refractivity contribution in [2.75, 3.05) is 11.9 Å². The van der Waals surface area contributed by atoms with E-state index in [2.05, 4.69) is 25.8 Å². The maximum absolute atomic E-state index is 12.4. The first-order valence-corrected chi connectivity index (χ1v) is 11.4. The SMILES string of the molecule is CC(C)CCC(NC(=O)c1nc(NC(=O)OCC2c3ccccc3-c3ccccc32)n[nH]1)C(=O)O. The summed E-state index contributed by atoms with van der Waals surface area (Å²) in [5.41, 5.74) is 4.41. The average Bonchev–Trinajstić information content (AvgIpc) is 3.43. The number of carbonyl (C=O) groups is 3. The fourth-order valence-electron chi connectivity index (χ4n) is 4.13. The van der Waals surface area contributed by atoms with Gasteiger partial charge in [0.05, 0.1) is 0 Å². The van der Waals surface area contributed by atoms with Crippen molar-refractivity contribution < 1.29 is 24.2 Å². The molecule has 1 aliphatic rings. The molecule has 3 aromatic rings. The highest BCUT2D eigenvalue weighted by Gasteiger charge is 2.29. The van der Waals surface area contributed by atoms with Crippen molar-refractivity contribution in [3.05, 3.63) is 65.5 Å². The third-order valence-corrected chi connectivity index (χ3v) is 5.89. The number of aromatic nitrogens is 3. The quantitative estimate of drug-likeness (QED) is 0.367. The number of ether oxygens (including phenoxy) is 1.